The molecule has 4 nitrogen and oxygen atoms in total. The van der Waals surface area contributed by atoms with Gasteiger partial charge in [0.15, 0.2) is 0 Å². The summed E-state index contributed by atoms with van der Waals surface area (Å²) in [7, 11) is 0. The lowest BCUT2D eigenvalue weighted by Gasteiger charge is -2.05. The molecule has 2 N–H and O–H groups in total. The molecule has 3 aromatic rings. The predicted octanol–water partition coefficient (Wildman–Crippen LogP) is 2.17. The number of thiazole rings is 1. The zero-order valence-corrected chi connectivity index (χ0v) is 12.4. The van der Waals surface area contributed by atoms with Crippen molar-refractivity contribution in [3.8, 4) is 17.2 Å². The molecule has 5 heteroatoms. The van der Waals surface area contributed by atoms with Gasteiger partial charge in [0.05, 0.1) is 9.20 Å². The number of aromatic amines is 1. The standard InChI is InChI=1S/C17H13NO3S/c1-11-18-17(20)16(22-11)9-12-5-7-14(8-6-12)21-15-4-2-3-13(19)10-15/h2-10,19H,1H2,(H,18,20)/b16-9-. The molecule has 0 saturated carbocycles. The first-order valence-electron chi connectivity index (χ1n) is 6.57. The number of rotatable bonds is 3. The average Bonchev–Trinajstić information content (AvgIpc) is 2.79. The molecule has 0 aliphatic rings. The summed E-state index contributed by atoms with van der Waals surface area (Å²) in [5.74, 6) is 1.37. The second kappa shape index (κ2) is 5.91. The highest BCUT2D eigenvalue weighted by Gasteiger charge is 1.99. The molecule has 0 aliphatic carbocycles. The van der Waals surface area contributed by atoms with Gasteiger partial charge in [-0.2, -0.15) is 0 Å². The minimum absolute atomic E-state index is 0.130. The number of aromatic nitrogens is 1. The molecular formula is C17H13NO3S. The number of phenols is 1. The van der Waals surface area contributed by atoms with Gasteiger partial charge in [-0.15, -0.1) is 11.3 Å². The monoisotopic (exact) mass is 311 g/mol. The van der Waals surface area contributed by atoms with Crippen LogP contribution in [0.25, 0.3) is 12.7 Å². The molecule has 1 heterocycles. The van der Waals surface area contributed by atoms with Crippen LogP contribution in [0.2, 0.25) is 0 Å². The molecule has 0 radical (unpaired) electrons. The number of phenolic OH excluding ortho intramolecular Hbond substituents is 1. The van der Waals surface area contributed by atoms with Gasteiger partial charge in [0.25, 0.3) is 5.56 Å². The summed E-state index contributed by atoms with van der Waals surface area (Å²) in [6.45, 7) is 3.71. The maximum Gasteiger partial charge on any atom is 0.266 e. The van der Waals surface area contributed by atoms with Gasteiger partial charge in [0.2, 0.25) is 0 Å². The van der Waals surface area contributed by atoms with Gasteiger partial charge in [-0.3, -0.25) is 4.79 Å². The summed E-state index contributed by atoms with van der Waals surface area (Å²) in [4.78, 5) is 14.3. The Morgan fingerprint density at radius 2 is 1.91 bits per heavy atom. The zero-order valence-electron chi connectivity index (χ0n) is 11.6. The highest BCUT2D eigenvalue weighted by Crippen LogP contribution is 2.24. The molecule has 0 atom stereocenters. The van der Waals surface area contributed by atoms with Gasteiger partial charge in [0, 0.05) is 6.07 Å². The molecule has 0 bridgehead atoms. The molecule has 3 rings (SSSR count). The van der Waals surface area contributed by atoms with Crippen molar-refractivity contribution in [2.75, 3.05) is 0 Å². The number of aromatic hydroxyl groups is 1. The average molecular weight is 311 g/mol. The van der Waals surface area contributed by atoms with Gasteiger partial charge in [-0.05, 0) is 35.9 Å². The van der Waals surface area contributed by atoms with Crippen molar-refractivity contribution in [2.24, 2.45) is 0 Å². The molecule has 0 amide bonds. The van der Waals surface area contributed by atoms with Crippen molar-refractivity contribution < 1.29 is 9.84 Å². The van der Waals surface area contributed by atoms with E-state index in [0.717, 1.165) is 5.56 Å². The summed E-state index contributed by atoms with van der Waals surface area (Å²) in [5.41, 5.74) is 0.769. The van der Waals surface area contributed by atoms with Crippen molar-refractivity contribution in [1.29, 1.82) is 0 Å². The molecule has 0 spiro atoms. The lowest BCUT2D eigenvalue weighted by Crippen LogP contribution is -2.19. The summed E-state index contributed by atoms with van der Waals surface area (Å²) < 4.78 is 6.90. The number of ether oxygens (including phenoxy) is 1. The topological polar surface area (TPSA) is 62.3 Å². The first-order valence-corrected chi connectivity index (χ1v) is 7.38. The zero-order chi connectivity index (χ0) is 15.5. The van der Waals surface area contributed by atoms with Crippen molar-refractivity contribution in [3.05, 3.63) is 73.6 Å². The van der Waals surface area contributed by atoms with E-state index in [0.29, 0.717) is 20.7 Å². The van der Waals surface area contributed by atoms with E-state index in [-0.39, 0.29) is 11.3 Å². The normalized spacial score (nSPS) is 11.5. The van der Waals surface area contributed by atoms with Gasteiger partial charge in [-0.25, -0.2) is 0 Å². The third-order valence-corrected chi connectivity index (χ3v) is 3.81. The highest BCUT2D eigenvalue weighted by atomic mass is 32.1. The van der Waals surface area contributed by atoms with Gasteiger partial charge in [0.1, 0.15) is 17.2 Å². The maximum atomic E-state index is 11.6. The number of nitrogens with one attached hydrogen (secondary N) is 1. The van der Waals surface area contributed by atoms with E-state index in [1.54, 1.807) is 30.3 Å². The van der Waals surface area contributed by atoms with Crippen molar-refractivity contribution >= 4 is 24.0 Å². The number of benzene rings is 2. The van der Waals surface area contributed by atoms with Crippen LogP contribution in [0, 0.1) is 0 Å². The Kier molecular flexibility index (Phi) is 3.80. The van der Waals surface area contributed by atoms with E-state index in [1.807, 2.05) is 24.3 Å². The first kappa shape index (κ1) is 14.2. The molecule has 0 aliphatic heterocycles. The minimum atomic E-state index is -0.130. The van der Waals surface area contributed by atoms with Crippen LogP contribution in [0.4, 0.5) is 0 Å². The maximum absolute atomic E-state index is 11.6. The Hall–Kier alpha value is -2.79. The minimum Gasteiger partial charge on any atom is -0.508 e. The van der Waals surface area contributed by atoms with Crippen LogP contribution in [0.1, 0.15) is 5.56 Å². The summed E-state index contributed by atoms with van der Waals surface area (Å²) in [6.07, 6.45) is 1.80. The molecule has 0 fully saturated rings. The summed E-state index contributed by atoms with van der Waals surface area (Å²) >= 11 is 1.32. The van der Waals surface area contributed by atoms with E-state index < -0.39 is 0 Å². The molecule has 1 aromatic heterocycles. The van der Waals surface area contributed by atoms with Crippen LogP contribution in [0.5, 0.6) is 17.2 Å². The van der Waals surface area contributed by atoms with E-state index >= 15 is 0 Å². The van der Waals surface area contributed by atoms with Crippen LogP contribution >= 0.6 is 11.3 Å². The van der Waals surface area contributed by atoms with Crippen LogP contribution in [-0.4, -0.2) is 10.1 Å². The fourth-order valence-corrected chi connectivity index (χ4v) is 2.70. The number of hydrogen-bond donors (Lipinski definition) is 2. The highest BCUT2D eigenvalue weighted by molar-refractivity contribution is 7.07. The lowest BCUT2D eigenvalue weighted by molar-refractivity contribution is 0.455. The number of H-pyrrole nitrogens is 1. The summed E-state index contributed by atoms with van der Waals surface area (Å²) in [6, 6.07) is 13.9. The van der Waals surface area contributed by atoms with Crippen LogP contribution in [0.3, 0.4) is 0 Å². The lowest BCUT2D eigenvalue weighted by atomic mass is 10.2. The Labute approximate surface area is 130 Å². The molecule has 110 valence electrons. The Bertz CT molecular complexity index is 955. The van der Waals surface area contributed by atoms with E-state index in [1.165, 1.54) is 11.3 Å². The first-order chi connectivity index (χ1) is 10.6. The molecule has 2 aromatic carbocycles. The predicted molar refractivity (Wildman–Crippen MR) is 87.9 cm³/mol. The second-order valence-electron chi connectivity index (χ2n) is 4.66. The van der Waals surface area contributed by atoms with Crippen LogP contribution in [-0.2, 0) is 0 Å². The van der Waals surface area contributed by atoms with Crippen molar-refractivity contribution in [3.63, 3.8) is 0 Å². The summed E-state index contributed by atoms with van der Waals surface area (Å²) in [5, 5.41) is 9.41. The third kappa shape index (κ3) is 3.27. The smallest absolute Gasteiger partial charge is 0.266 e. The van der Waals surface area contributed by atoms with E-state index in [4.69, 9.17) is 4.74 Å². The van der Waals surface area contributed by atoms with Gasteiger partial charge < -0.3 is 14.8 Å². The Balaban J connectivity index is 1.84. The SMILES string of the molecule is C=c1[nH]c(=O)/c(=C/c2ccc(Oc3cccc(O)c3)cc2)s1. The van der Waals surface area contributed by atoms with Gasteiger partial charge >= 0.3 is 0 Å². The van der Waals surface area contributed by atoms with Crippen LogP contribution in [0.15, 0.2) is 53.3 Å². The number of hydrogen-bond acceptors (Lipinski definition) is 4. The quantitative estimate of drug-likeness (QED) is 0.779. The molecule has 22 heavy (non-hydrogen) atoms. The fourth-order valence-electron chi connectivity index (χ4n) is 1.95. The van der Waals surface area contributed by atoms with E-state index in [9.17, 15) is 9.90 Å². The molecule has 0 unspecified atom stereocenters. The van der Waals surface area contributed by atoms with Crippen molar-refractivity contribution in [2.45, 2.75) is 0 Å². The van der Waals surface area contributed by atoms with Crippen molar-refractivity contribution in [1.82, 2.24) is 4.98 Å². The van der Waals surface area contributed by atoms with Crippen LogP contribution < -0.4 is 19.5 Å². The largest absolute Gasteiger partial charge is 0.508 e. The second-order valence-corrected chi connectivity index (χ2v) is 5.79. The third-order valence-electron chi connectivity index (χ3n) is 2.94. The Morgan fingerprint density at radius 3 is 2.55 bits per heavy atom. The molecule has 0 saturated heterocycles. The molecular weight excluding hydrogens is 298 g/mol. The van der Waals surface area contributed by atoms with E-state index in [2.05, 4.69) is 11.6 Å². The van der Waals surface area contributed by atoms with Gasteiger partial charge in [-0.1, -0.05) is 24.8 Å². The fraction of sp³-hybridized carbons (Fsp3) is 0. The Morgan fingerprint density at radius 1 is 1.14 bits per heavy atom.